The first-order chi connectivity index (χ1) is 19.4. The molecule has 0 bridgehead atoms. The van der Waals surface area contributed by atoms with Crippen LogP contribution in [0.4, 0.5) is 13.2 Å². The van der Waals surface area contributed by atoms with Crippen LogP contribution in [-0.4, -0.2) is 53.5 Å². The molecule has 0 N–H and O–H groups in total. The van der Waals surface area contributed by atoms with Gasteiger partial charge in [0.1, 0.15) is 0 Å². The maximum absolute atomic E-state index is 13.2. The molecule has 41 heavy (non-hydrogen) atoms. The summed E-state index contributed by atoms with van der Waals surface area (Å²) >= 11 is 0. The van der Waals surface area contributed by atoms with Gasteiger partial charge in [0.2, 0.25) is 0 Å². The summed E-state index contributed by atoms with van der Waals surface area (Å²) in [5, 5.41) is 0. The Kier molecular flexibility index (Phi) is 14.1. The molecule has 1 saturated heterocycles. The Labute approximate surface area is 248 Å². The van der Waals surface area contributed by atoms with Crippen molar-refractivity contribution < 1.29 is 17.9 Å². The van der Waals surface area contributed by atoms with Gasteiger partial charge in [-0.1, -0.05) is 70.9 Å². The minimum absolute atomic E-state index is 0.0726. The number of aliphatic imine (C=N–C) groups is 1. The lowest BCUT2D eigenvalue weighted by Crippen LogP contribution is -2.48. The molecule has 1 aliphatic heterocycles. The third kappa shape index (κ3) is 10.9. The molecule has 4 nitrogen and oxygen atoms in total. The smallest absolute Gasteiger partial charge is 0.427 e. The summed E-state index contributed by atoms with van der Waals surface area (Å²) < 4.78 is 44.7. The second kappa shape index (κ2) is 16.5. The minimum atomic E-state index is -4.46. The summed E-state index contributed by atoms with van der Waals surface area (Å²) in [5.41, 5.74) is 2.43. The third-order valence-electron chi connectivity index (χ3n) is 8.53. The molecule has 1 heterocycles. The molecular weight excluding hydrogens is 523 g/mol. The van der Waals surface area contributed by atoms with Crippen LogP contribution in [0.3, 0.4) is 0 Å². The normalized spacial score (nSPS) is 20.5. The topological polar surface area (TPSA) is 28.1 Å². The van der Waals surface area contributed by atoms with Crippen molar-refractivity contribution in [3.8, 4) is 0 Å². The van der Waals surface area contributed by atoms with Gasteiger partial charge in [0, 0.05) is 49.4 Å². The van der Waals surface area contributed by atoms with Crippen molar-refractivity contribution in [1.82, 2.24) is 9.80 Å². The summed E-state index contributed by atoms with van der Waals surface area (Å²) in [7, 11) is 0. The molecule has 2 aliphatic carbocycles. The van der Waals surface area contributed by atoms with Gasteiger partial charge in [0.25, 0.3) is 0 Å². The zero-order valence-corrected chi connectivity index (χ0v) is 26.9. The van der Waals surface area contributed by atoms with Gasteiger partial charge in [-0.25, -0.2) is 0 Å². The highest BCUT2D eigenvalue weighted by Gasteiger charge is 2.50. The van der Waals surface area contributed by atoms with E-state index in [1.807, 2.05) is 12.3 Å². The van der Waals surface area contributed by atoms with E-state index in [1.54, 1.807) is 4.90 Å². The summed E-state index contributed by atoms with van der Waals surface area (Å²) in [4.78, 5) is 8.76. The molecule has 3 rings (SSSR count). The molecule has 7 heteroatoms. The largest absolute Gasteiger partial charge is 0.464 e. The standard InChI is InChI=1S/C25H38F3N3O.C9H18/c1-8-10-13-29-18(3)23(22(9-2)21-11-12-21)19(4)30-14-16-31(17-15-30)20(5)32-24(6,7)25(26,27)28;1-2-6-9-7-4-3-5-8-9/h9-10,13,21H,5,8,11-12,14-17H2,1-4,6-7H3;9H,2-8H2,1H3/b13-10+,22-9-,23-19-,29-18+;. The van der Waals surface area contributed by atoms with Gasteiger partial charge in [-0.15, -0.1) is 0 Å². The Morgan fingerprint density at radius 2 is 1.54 bits per heavy atom. The molecule has 3 aliphatic rings. The van der Waals surface area contributed by atoms with Crippen molar-refractivity contribution in [1.29, 1.82) is 0 Å². The maximum Gasteiger partial charge on any atom is 0.427 e. The zero-order chi connectivity index (χ0) is 30.6. The average molecular weight is 580 g/mol. The van der Waals surface area contributed by atoms with E-state index in [0.29, 0.717) is 32.1 Å². The predicted molar refractivity (Wildman–Crippen MR) is 167 cm³/mol. The van der Waals surface area contributed by atoms with Gasteiger partial charge >= 0.3 is 6.18 Å². The maximum atomic E-state index is 13.2. The molecule has 2 saturated carbocycles. The molecule has 3 fully saturated rings. The molecule has 0 aromatic rings. The van der Waals surface area contributed by atoms with E-state index in [2.05, 4.69) is 57.2 Å². The highest BCUT2D eigenvalue weighted by molar-refractivity contribution is 6.03. The number of rotatable bonds is 11. The van der Waals surface area contributed by atoms with Crippen LogP contribution >= 0.6 is 0 Å². The van der Waals surface area contributed by atoms with Gasteiger partial charge in [0.05, 0.1) is 0 Å². The molecule has 0 radical (unpaired) electrons. The summed E-state index contributed by atoms with van der Waals surface area (Å²) in [6.07, 6.45) is 15.4. The Morgan fingerprint density at radius 3 is 2.02 bits per heavy atom. The van der Waals surface area contributed by atoms with E-state index in [4.69, 9.17) is 4.74 Å². The first kappa shape index (κ1) is 35.0. The fourth-order valence-electron chi connectivity index (χ4n) is 5.74. The number of allylic oxidation sites excluding steroid dienone is 5. The summed E-state index contributed by atoms with van der Waals surface area (Å²) in [6.45, 7) is 18.9. The van der Waals surface area contributed by atoms with Crippen LogP contribution in [-0.2, 0) is 4.74 Å². The van der Waals surface area contributed by atoms with E-state index in [1.165, 1.54) is 68.9 Å². The van der Waals surface area contributed by atoms with Gasteiger partial charge in [-0.05, 0) is 77.9 Å². The zero-order valence-electron chi connectivity index (χ0n) is 26.9. The van der Waals surface area contributed by atoms with Crippen molar-refractivity contribution >= 4 is 5.71 Å². The molecule has 234 valence electrons. The number of halogens is 3. The van der Waals surface area contributed by atoms with Gasteiger partial charge in [0.15, 0.2) is 11.5 Å². The Balaban J connectivity index is 0.000000553. The van der Waals surface area contributed by atoms with Crippen LogP contribution in [0.15, 0.2) is 52.6 Å². The van der Waals surface area contributed by atoms with Crippen molar-refractivity contribution in [2.45, 2.75) is 124 Å². The van der Waals surface area contributed by atoms with Gasteiger partial charge < -0.3 is 14.5 Å². The lowest BCUT2D eigenvalue weighted by atomic mass is 9.86. The number of piperazine rings is 1. The fraction of sp³-hybridized carbons (Fsp3) is 0.735. The summed E-state index contributed by atoms with van der Waals surface area (Å²) in [6, 6.07) is 0. The second-order valence-electron chi connectivity index (χ2n) is 12.3. The lowest BCUT2D eigenvalue weighted by molar-refractivity contribution is -0.257. The Hall–Kier alpha value is -2.18. The van der Waals surface area contributed by atoms with Crippen LogP contribution < -0.4 is 0 Å². The number of alkyl halides is 3. The van der Waals surface area contributed by atoms with Gasteiger partial charge in [-0.2, -0.15) is 13.2 Å². The van der Waals surface area contributed by atoms with Crippen LogP contribution in [0.5, 0.6) is 0 Å². The van der Waals surface area contributed by atoms with Crippen LogP contribution in [0.1, 0.15) is 113 Å². The molecule has 0 spiro atoms. The van der Waals surface area contributed by atoms with Crippen molar-refractivity contribution in [3.05, 3.63) is 47.7 Å². The second-order valence-corrected chi connectivity index (χ2v) is 12.3. The van der Waals surface area contributed by atoms with E-state index in [-0.39, 0.29) is 5.88 Å². The molecular formula is C34H56F3N3O. The Bertz CT molecular complexity index is 940. The fourth-order valence-corrected chi connectivity index (χ4v) is 5.74. The first-order valence-corrected chi connectivity index (χ1v) is 15.9. The minimum Gasteiger partial charge on any atom is -0.464 e. The van der Waals surface area contributed by atoms with Crippen LogP contribution in [0.25, 0.3) is 0 Å². The SMILES string of the molecule is C=C(OC(C)(C)C(F)(F)F)N1CCN(/C(C)=C(C(=C/C)\C2CC2)/C(C)=N/C=C/CC)CC1.CCCC1CCCCC1. The number of hydrogen-bond donors (Lipinski definition) is 0. The quantitative estimate of drug-likeness (QED) is 0.139. The van der Waals surface area contributed by atoms with Crippen LogP contribution in [0, 0.1) is 11.8 Å². The molecule has 0 aromatic carbocycles. The number of nitrogens with zero attached hydrogens (tertiary/aromatic N) is 3. The molecule has 0 atom stereocenters. The lowest BCUT2D eigenvalue weighted by Gasteiger charge is -2.41. The number of hydrogen-bond acceptors (Lipinski definition) is 4. The van der Waals surface area contributed by atoms with Crippen molar-refractivity contribution in [2.75, 3.05) is 26.2 Å². The van der Waals surface area contributed by atoms with E-state index in [0.717, 1.165) is 37.6 Å². The van der Waals surface area contributed by atoms with Crippen molar-refractivity contribution in [2.24, 2.45) is 16.8 Å². The first-order valence-electron chi connectivity index (χ1n) is 15.9. The van der Waals surface area contributed by atoms with Crippen LogP contribution in [0.2, 0.25) is 0 Å². The van der Waals surface area contributed by atoms with E-state index in [9.17, 15) is 13.2 Å². The monoisotopic (exact) mass is 579 g/mol. The Morgan fingerprint density at radius 1 is 0.951 bits per heavy atom. The average Bonchev–Trinajstić information content (AvgIpc) is 3.77. The molecule has 0 amide bonds. The molecule has 0 unspecified atom stereocenters. The third-order valence-corrected chi connectivity index (χ3v) is 8.53. The van der Waals surface area contributed by atoms with Crippen molar-refractivity contribution in [3.63, 3.8) is 0 Å². The number of ether oxygens (including phenoxy) is 1. The highest BCUT2D eigenvalue weighted by Crippen LogP contribution is 2.42. The van der Waals surface area contributed by atoms with Gasteiger partial charge in [-0.3, -0.25) is 4.99 Å². The predicted octanol–water partition coefficient (Wildman–Crippen LogP) is 9.81. The van der Waals surface area contributed by atoms with E-state index < -0.39 is 11.8 Å². The van der Waals surface area contributed by atoms with E-state index >= 15 is 0 Å². The summed E-state index contributed by atoms with van der Waals surface area (Å²) in [5.74, 6) is 1.76. The molecule has 0 aromatic heterocycles. The highest BCUT2D eigenvalue weighted by atomic mass is 19.4.